The normalized spacial score (nSPS) is 30.6. The van der Waals surface area contributed by atoms with Gasteiger partial charge in [-0.05, 0) is 60.6 Å². The third kappa shape index (κ3) is 5.53. The van der Waals surface area contributed by atoms with E-state index in [2.05, 4.69) is 83.3 Å². The first kappa shape index (κ1) is 29.3. The minimum absolute atomic E-state index is 0.187. The van der Waals surface area contributed by atoms with Gasteiger partial charge in [-0.15, -0.1) is 0 Å². The molecule has 4 fully saturated rings. The minimum Gasteiger partial charge on any atom is -0.497 e. The Morgan fingerprint density at radius 1 is 1.03 bits per heavy atom. The van der Waals surface area contributed by atoms with Crippen molar-refractivity contribution in [1.29, 1.82) is 0 Å². The summed E-state index contributed by atoms with van der Waals surface area (Å²) in [4.78, 5) is 0. The summed E-state index contributed by atoms with van der Waals surface area (Å²) in [7, 11) is -1.87. The molecule has 4 aliphatic rings. The van der Waals surface area contributed by atoms with Crippen molar-refractivity contribution in [2.75, 3.05) is 13.7 Å². The van der Waals surface area contributed by atoms with Gasteiger partial charge in [0.25, 0.3) is 0 Å². The van der Waals surface area contributed by atoms with E-state index in [-0.39, 0.29) is 24.8 Å². The van der Waals surface area contributed by atoms with Gasteiger partial charge in [-0.2, -0.15) is 0 Å². The van der Waals surface area contributed by atoms with Gasteiger partial charge in [0.15, 0.2) is 0 Å². The first-order valence-corrected chi connectivity index (χ1v) is 21.4. The second-order valence-corrected chi connectivity index (χ2v) is 24.7. The summed E-state index contributed by atoms with van der Waals surface area (Å²) in [6, 6.07) is 8.20. The first-order valence-electron chi connectivity index (χ1n) is 14.5. The summed E-state index contributed by atoms with van der Waals surface area (Å²) in [6.07, 6.45) is 3.67. The predicted octanol–water partition coefficient (Wildman–Crippen LogP) is 6.85. The van der Waals surface area contributed by atoms with Crippen LogP contribution in [0.4, 0.5) is 0 Å². The Hall–Kier alpha value is -0.641. The third-order valence-electron chi connectivity index (χ3n) is 9.76. The Balaban J connectivity index is 1.58. The van der Waals surface area contributed by atoms with Gasteiger partial charge in [0.05, 0.1) is 32.0 Å². The number of benzene rings is 1. The van der Waals surface area contributed by atoms with E-state index in [0.717, 1.165) is 24.5 Å². The highest BCUT2D eigenvalue weighted by Crippen LogP contribution is 2.66. The molecule has 0 amide bonds. The molecule has 0 spiro atoms. The molecular weight excluding hydrogens is 493 g/mol. The highest BCUT2D eigenvalue weighted by atomic mass is 28.4. The van der Waals surface area contributed by atoms with Crippen molar-refractivity contribution in [3.8, 4) is 5.75 Å². The highest BCUT2D eigenvalue weighted by molar-refractivity contribution is 6.90. The van der Waals surface area contributed by atoms with Crippen LogP contribution in [0.15, 0.2) is 24.3 Å². The van der Waals surface area contributed by atoms with Crippen LogP contribution in [0.2, 0.25) is 39.3 Å². The van der Waals surface area contributed by atoms with Gasteiger partial charge in [-0.3, -0.25) is 0 Å². The lowest BCUT2D eigenvalue weighted by Crippen LogP contribution is -2.69. The number of hydrogen-bond acceptors (Lipinski definition) is 5. The zero-order valence-electron chi connectivity index (χ0n) is 25.4. The quantitative estimate of drug-likeness (QED) is 0.285. The molecule has 1 saturated heterocycles. The second kappa shape index (κ2) is 10.4. The molecule has 1 aliphatic heterocycles. The van der Waals surface area contributed by atoms with E-state index in [4.69, 9.17) is 18.8 Å². The van der Waals surface area contributed by atoms with Crippen molar-refractivity contribution in [3.05, 3.63) is 29.8 Å². The van der Waals surface area contributed by atoms with Crippen molar-refractivity contribution >= 4 is 23.6 Å². The zero-order valence-corrected chi connectivity index (χ0v) is 27.4. The Bertz CT molecular complexity index is 917. The Morgan fingerprint density at radius 2 is 1.65 bits per heavy atom. The van der Waals surface area contributed by atoms with Gasteiger partial charge in [0.1, 0.15) is 22.2 Å². The molecule has 3 saturated carbocycles. The smallest absolute Gasteiger partial charge is 0.475 e. The largest absolute Gasteiger partial charge is 0.497 e. The lowest BCUT2D eigenvalue weighted by molar-refractivity contribution is -0.199. The summed E-state index contributed by atoms with van der Waals surface area (Å²) in [5.41, 5.74) is 1.34. The molecule has 0 aromatic heterocycles. The summed E-state index contributed by atoms with van der Waals surface area (Å²) >= 11 is 0. The zero-order chi connectivity index (χ0) is 27.4. The first-order chi connectivity index (χ1) is 17.1. The molecule has 1 aromatic carbocycles. The molecule has 2 bridgehead atoms. The topological polar surface area (TPSA) is 40.2 Å². The van der Waals surface area contributed by atoms with Crippen LogP contribution in [0.5, 0.6) is 5.75 Å². The molecule has 37 heavy (non-hydrogen) atoms. The molecule has 8 heteroatoms. The van der Waals surface area contributed by atoms with E-state index in [0.29, 0.717) is 30.5 Å². The molecule has 5 rings (SSSR count). The fourth-order valence-corrected chi connectivity index (χ4v) is 18.5. The van der Waals surface area contributed by atoms with Gasteiger partial charge < -0.3 is 23.0 Å². The molecule has 6 atom stereocenters. The van der Waals surface area contributed by atoms with Crippen molar-refractivity contribution in [2.45, 2.75) is 110 Å². The summed E-state index contributed by atoms with van der Waals surface area (Å²) in [5, 5.41) is 0. The lowest BCUT2D eigenvalue weighted by atomic mass is 9.43. The molecule has 1 heterocycles. The highest BCUT2D eigenvalue weighted by Gasteiger charge is 2.69. The fraction of sp³-hybridized carbons (Fsp3) is 0.793. The summed E-state index contributed by atoms with van der Waals surface area (Å²) in [6.45, 7) is 25.8. The number of methoxy groups -OCH3 is 1. The predicted molar refractivity (Wildman–Crippen MR) is 159 cm³/mol. The summed E-state index contributed by atoms with van der Waals surface area (Å²) < 4.78 is 28.8. The van der Waals surface area contributed by atoms with Gasteiger partial charge in [-0.1, -0.05) is 78.6 Å². The van der Waals surface area contributed by atoms with E-state index in [1.165, 1.54) is 12.0 Å². The molecule has 2 unspecified atom stereocenters. The van der Waals surface area contributed by atoms with E-state index >= 15 is 0 Å². The molecule has 1 aromatic rings. The fourth-order valence-electron chi connectivity index (χ4n) is 8.01. The lowest BCUT2D eigenvalue weighted by Gasteiger charge is -2.64. The van der Waals surface area contributed by atoms with Crippen molar-refractivity contribution < 1.29 is 18.8 Å². The minimum atomic E-state index is -1.69. The maximum atomic E-state index is 7.16. The molecule has 0 radical (unpaired) electrons. The average molecular weight is 546 g/mol. The van der Waals surface area contributed by atoms with Crippen molar-refractivity contribution in [1.82, 2.24) is 4.23 Å². The van der Waals surface area contributed by atoms with Crippen LogP contribution in [0.25, 0.3) is 0 Å². The van der Waals surface area contributed by atoms with Crippen LogP contribution in [-0.4, -0.2) is 59.2 Å². The maximum Gasteiger partial charge on any atom is 0.475 e. The SMILES string of the molecule is CCC(COCc1ccc(OC)cc1)C(B1O[C@@H]2C[C@@H]3C[C@@H](C3(C)C)[C@]2(C)O1)N([Si](C)(C)C)[Si](C)(C)C. The van der Waals surface area contributed by atoms with Crippen molar-refractivity contribution in [2.24, 2.45) is 23.2 Å². The Labute approximate surface area is 229 Å². The van der Waals surface area contributed by atoms with Crippen LogP contribution in [-0.2, 0) is 20.7 Å². The van der Waals surface area contributed by atoms with Crippen LogP contribution >= 0.6 is 0 Å². The van der Waals surface area contributed by atoms with E-state index in [1.54, 1.807) is 7.11 Å². The Morgan fingerprint density at radius 3 is 2.16 bits per heavy atom. The Kier molecular flexibility index (Phi) is 8.25. The van der Waals surface area contributed by atoms with Gasteiger partial charge >= 0.3 is 7.12 Å². The molecule has 0 N–H and O–H groups in total. The standard InChI is InChI=1S/C29H52BNO4Si2/c1-12-22(20-33-19-21-13-15-24(32-5)16-14-21)27(31(36(6,7)8)37(9,10)11)30-34-26-18-23-17-25(28(23,2)3)29(26,4)35-30/h13-16,22-23,25-27H,12,17-20H2,1-11H3/t22?,23-,25-,26+,27?,29-/m0/s1. The van der Waals surface area contributed by atoms with Crippen LogP contribution < -0.4 is 4.74 Å². The van der Waals surface area contributed by atoms with E-state index in [9.17, 15) is 0 Å². The maximum absolute atomic E-state index is 7.16. The molecule has 208 valence electrons. The van der Waals surface area contributed by atoms with Crippen LogP contribution in [0.1, 0.15) is 52.5 Å². The van der Waals surface area contributed by atoms with Crippen molar-refractivity contribution in [3.63, 3.8) is 0 Å². The number of ether oxygens (including phenoxy) is 2. The summed E-state index contributed by atoms with van der Waals surface area (Å²) in [5.74, 6) is 2.77. The van der Waals surface area contributed by atoms with Gasteiger partial charge in [-0.25, -0.2) is 0 Å². The second-order valence-electron chi connectivity index (χ2n) is 14.6. The number of hydrogen-bond donors (Lipinski definition) is 0. The van der Waals surface area contributed by atoms with Crippen LogP contribution in [0, 0.1) is 23.2 Å². The monoisotopic (exact) mass is 545 g/mol. The third-order valence-corrected chi connectivity index (χ3v) is 17.3. The number of nitrogens with zero attached hydrogens (tertiary/aromatic N) is 1. The molecule has 5 nitrogen and oxygen atoms in total. The van der Waals surface area contributed by atoms with Gasteiger partial charge in [0, 0.05) is 5.94 Å². The molecule has 3 aliphatic carbocycles. The number of rotatable bonds is 11. The van der Waals surface area contributed by atoms with Gasteiger partial charge in [0.2, 0.25) is 0 Å². The van der Waals surface area contributed by atoms with Crippen LogP contribution in [0.3, 0.4) is 0 Å². The molecular formula is C29H52BNO4Si2. The van der Waals surface area contributed by atoms with E-state index in [1.807, 2.05) is 12.1 Å². The average Bonchev–Trinajstić information content (AvgIpc) is 3.16. The van der Waals surface area contributed by atoms with E-state index < -0.39 is 16.5 Å².